The Bertz CT molecular complexity index is 550. The molecular formula is C15H19Cl2Zr. The topological polar surface area (TPSA) is 0 Å². The minimum absolute atomic E-state index is 0.279. The van der Waals surface area contributed by atoms with E-state index < -0.39 is 17.4 Å². The third-order valence-electron chi connectivity index (χ3n) is 3.70. The van der Waals surface area contributed by atoms with Gasteiger partial charge < -0.3 is 0 Å². The first kappa shape index (κ1) is 14.7. The molecule has 1 aliphatic rings. The summed E-state index contributed by atoms with van der Waals surface area (Å²) in [6, 6.07) is 6.54. The van der Waals surface area contributed by atoms with Gasteiger partial charge in [0.1, 0.15) is 0 Å². The van der Waals surface area contributed by atoms with Crippen LogP contribution in [0.25, 0.3) is 6.08 Å². The van der Waals surface area contributed by atoms with Crippen molar-refractivity contribution >= 4 is 26.8 Å². The molecule has 1 aromatic carbocycles. The normalized spacial score (nSPS) is 18.8. The van der Waals surface area contributed by atoms with Crippen LogP contribution in [0, 0.1) is 0 Å². The van der Waals surface area contributed by atoms with Crippen LogP contribution in [0.2, 0.25) is 0 Å². The number of halogens is 2. The van der Waals surface area contributed by atoms with Crippen LogP contribution in [0.4, 0.5) is 0 Å². The fraction of sp³-hybridized carbons (Fsp3) is 0.400. The summed E-state index contributed by atoms with van der Waals surface area (Å²) < 4.78 is 2.36. The molecule has 0 saturated heterocycles. The molecule has 0 N–H and O–H groups in total. The Morgan fingerprint density at radius 3 is 2.50 bits per heavy atom. The first-order valence-corrected chi connectivity index (χ1v) is 15.5. The standard InChI is InChI=1S/C13H15.C2H4.2ClH.Zr/c1-9(2)12-6-4-5-11-7-10(3)8-13(11)12;1-2;;;/h4-9H,1-3H3;1H,2H3;2*1H;/q;;;;+2/p-2. The Kier molecular flexibility index (Phi) is 4.37. The second kappa shape index (κ2) is 5.35. The van der Waals surface area contributed by atoms with E-state index in [0.29, 0.717) is 5.92 Å². The predicted molar refractivity (Wildman–Crippen MR) is 80.4 cm³/mol. The van der Waals surface area contributed by atoms with Crippen LogP contribution in [0.3, 0.4) is 0 Å². The van der Waals surface area contributed by atoms with Gasteiger partial charge in [-0.05, 0) is 0 Å². The molecule has 0 radical (unpaired) electrons. The van der Waals surface area contributed by atoms with Crippen molar-refractivity contribution in [3.63, 3.8) is 0 Å². The molecule has 0 heterocycles. The molecule has 0 saturated carbocycles. The van der Waals surface area contributed by atoms with Crippen molar-refractivity contribution in [1.82, 2.24) is 0 Å². The van der Waals surface area contributed by atoms with Gasteiger partial charge in [0, 0.05) is 0 Å². The molecule has 2 rings (SSSR count). The first-order valence-electron chi connectivity index (χ1n) is 6.37. The summed E-state index contributed by atoms with van der Waals surface area (Å²) in [5.41, 5.74) is 5.44. The van der Waals surface area contributed by atoms with Gasteiger partial charge in [0.2, 0.25) is 0 Å². The molecule has 1 atom stereocenters. The molecule has 0 aromatic heterocycles. The van der Waals surface area contributed by atoms with Crippen LogP contribution >= 0.6 is 17.0 Å². The predicted octanol–water partition coefficient (Wildman–Crippen LogP) is 5.55. The van der Waals surface area contributed by atoms with E-state index in [9.17, 15) is 0 Å². The summed E-state index contributed by atoms with van der Waals surface area (Å²) in [7, 11) is 13.3. The summed E-state index contributed by atoms with van der Waals surface area (Å²) in [4.78, 5) is 0. The second-order valence-electron chi connectivity index (χ2n) is 5.29. The number of benzene rings is 1. The van der Waals surface area contributed by atoms with Crippen molar-refractivity contribution in [3.8, 4) is 0 Å². The van der Waals surface area contributed by atoms with E-state index in [2.05, 4.69) is 48.8 Å². The summed E-state index contributed by atoms with van der Waals surface area (Å²) in [6.07, 6.45) is 2.29. The Morgan fingerprint density at radius 1 is 1.28 bits per heavy atom. The van der Waals surface area contributed by atoms with Crippen molar-refractivity contribution in [2.24, 2.45) is 0 Å². The molecule has 1 aliphatic carbocycles. The van der Waals surface area contributed by atoms with Crippen LogP contribution in [-0.2, 0) is 17.4 Å². The van der Waals surface area contributed by atoms with E-state index in [-0.39, 0.29) is 3.63 Å². The molecule has 0 aliphatic heterocycles. The zero-order valence-corrected chi connectivity index (χ0v) is 15.3. The summed E-state index contributed by atoms with van der Waals surface area (Å²) in [5, 5.41) is 0. The van der Waals surface area contributed by atoms with E-state index in [4.69, 9.17) is 17.0 Å². The van der Waals surface area contributed by atoms with E-state index in [1.54, 1.807) is 0 Å². The number of hydrogen-bond acceptors (Lipinski definition) is 0. The van der Waals surface area contributed by atoms with Crippen molar-refractivity contribution in [2.45, 2.75) is 37.2 Å². The molecule has 97 valence electrons. The maximum atomic E-state index is 6.66. The molecule has 18 heavy (non-hydrogen) atoms. The van der Waals surface area contributed by atoms with E-state index >= 15 is 0 Å². The molecule has 0 spiro atoms. The number of fused-ring (bicyclic) bond motifs is 1. The van der Waals surface area contributed by atoms with Gasteiger partial charge in [-0.2, -0.15) is 0 Å². The van der Waals surface area contributed by atoms with Crippen molar-refractivity contribution in [3.05, 3.63) is 40.5 Å². The minimum atomic E-state index is -3.15. The van der Waals surface area contributed by atoms with Gasteiger partial charge in [-0.25, -0.2) is 0 Å². The maximum absolute atomic E-state index is 6.66. The zero-order valence-electron chi connectivity index (χ0n) is 11.3. The summed E-state index contributed by atoms with van der Waals surface area (Å²) >= 11 is -3.15. The Morgan fingerprint density at radius 2 is 1.94 bits per heavy atom. The second-order valence-corrected chi connectivity index (χ2v) is 20.0. The Balaban J connectivity index is 2.64. The fourth-order valence-electron chi connectivity index (χ4n) is 2.76. The van der Waals surface area contributed by atoms with Crippen LogP contribution in [0.5, 0.6) is 0 Å². The first-order chi connectivity index (χ1) is 8.38. The summed E-state index contributed by atoms with van der Waals surface area (Å²) in [6.45, 7) is 8.63. The average Bonchev–Trinajstić information content (AvgIpc) is 2.64. The fourth-order valence-corrected chi connectivity index (χ4v) is 10.3. The van der Waals surface area contributed by atoms with Crippen molar-refractivity contribution < 1.29 is 17.4 Å². The van der Waals surface area contributed by atoms with Crippen molar-refractivity contribution in [1.29, 1.82) is 0 Å². The van der Waals surface area contributed by atoms with Crippen molar-refractivity contribution in [2.75, 3.05) is 0 Å². The van der Waals surface area contributed by atoms with Crippen LogP contribution in [0.1, 0.15) is 53.9 Å². The van der Waals surface area contributed by atoms with Gasteiger partial charge in [-0.3, -0.25) is 0 Å². The number of hydrogen-bond donors (Lipinski definition) is 0. The van der Waals surface area contributed by atoms with Gasteiger partial charge in [-0.15, -0.1) is 0 Å². The molecule has 0 fully saturated rings. The third kappa shape index (κ3) is 2.47. The zero-order chi connectivity index (χ0) is 13.5. The molecule has 3 heteroatoms. The van der Waals surface area contributed by atoms with Crippen LogP contribution in [-0.4, -0.2) is 3.71 Å². The van der Waals surface area contributed by atoms with E-state index in [1.165, 1.54) is 22.3 Å². The average molecular weight is 361 g/mol. The van der Waals surface area contributed by atoms with Gasteiger partial charge >= 0.3 is 122 Å². The SMILES string of the molecule is C[CH]=[Zr]([Cl])([Cl])[CH]1C(C)=Cc2c(C(C)C)cccc21. The summed E-state index contributed by atoms with van der Waals surface area (Å²) in [5.74, 6) is 0.531. The van der Waals surface area contributed by atoms with Gasteiger partial charge in [-0.1, -0.05) is 0 Å². The van der Waals surface area contributed by atoms with Crippen LogP contribution in [0.15, 0.2) is 23.8 Å². The quantitative estimate of drug-likeness (QED) is 0.648. The number of allylic oxidation sites excluding steroid dienone is 1. The molecule has 0 amide bonds. The molecular weight excluding hydrogens is 342 g/mol. The number of rotatable bonds is 2. The van der Waals surface area contributed by atoms with E-state index in [0.717, 1.165) is 0 Å². The molecule has 1 aromatic rings. The molecule has 1 unspecified atom stereocenters. The Hall–Kier alpha value is 0.293. The monoisotopic (exact) mass is 359 g/mol. The van der Waals surface area contributed by atoms with Gasteiger partial charge in [0.05, 0.1) is 0 Å². The molecule has 0 nitrogen and oxygen atoms in total. The van der Waals surface area contributed by atoms with Crippen LogP contribution < -0.4 is 0 Å². The Labute approximate surface area is 121 Å². The van der Waals surface area contributed by atoms with E-state index in [1.807, 2.05) is 6.92 Å². The third-order valence-corrected chi connectivity index (χ3v) is 14.5. The van der Waals surface area contributed by atoms with Gasteiger partial charge in [0.25, 0.3) is 0 Å². The molecule has 0 bridgehead atoms. The van der Waals surface area contributed by atoms with Gasteiger partial charge in [0.15, 0.2) is 0 Å².